The summed E-state index contributed by atoms with van der Waals surface area (Å²) in [7, 11) is 0. The first kappa shape index (κ1) is 22.3. The molecule has 0 saturated heterocycles. The fourth-order valence-electron chi connectivity index (χ4n) is 4.33. The van der Waals surface area contributed by atoms with Crippen LogP contribution in [-0.2, 0) is 20.9 Å². The summed E-state index contributed by atoms with van der Waals surface area (Å²) < 4.78 is 24.3. The van der Waals surface area contributed by atoms with Gasteiger partial charge in [-0.25, -0.2) is 9.18 Å². The number of fused-ring (bicyclic) bond motifs is 1. The van der Waals surface area contributed by atoms with Crippen LogP contribution in [0.3, 0.4) is 0 Å². The zero-order valence-corrected chi connectivity index (χ0v) is 19.2. The highest BCUT2D eigenvalue weighted by molar-refractivity contribution is 7.12. The minimum absolute atomic E-state index is 0.129. The van der Waals surface area contributed by atoms with Gasteiger partial charge in [-0.15, -0.1) is 11.3 Å². The highest BCUT2D eigenvalue weighted by Crippen LogP contribution is 2.46. The molecule has 2 heterocycles. The van der Waals surface area contributed by atoms with Gasteiger partial charge in [-0.3, -0.25) is 4.79 Å². The molecule has 4 rings (SSSR count). The highest BCUT2D eigenvalue weighted by Gasteiger charge is 2.44. The van der Waals surface area contributed by atoms with Gasteiger partial charge in [0.15, 0.2) is 0 Å². The average molecular weight is 456 g/mol. The van der Waals surface area contributed by atoms with Gasteiger partial charge in [0.1, 0.15) is 24.0 Å². The number of rotatable bonds is 6. The molecule has 168 valence electrons. The third-order valence-electron chi connectivity index (χ3n) is 5.87. The molecular weight excluding hydrogens is 429 g/mol. The van der Waals surface area contributed by atoms with Crippen LogP contribution in [-0.4, -0.2) is 18.4 Å². The summed E-state index contributed by atoms with van der Waals surface area (Å²) in [5.74, 6) is -0.809. The Hall–Kier alpha value is -2.93. The Labute approximate surface area is 190 Å². The number of carbonyl (C=O) groups is 2. The van der Waals surface area contributed by atoms with E-state index in [0.717, 1.165) is 26.7 Å². The van der Waals surface area contributed by atoms with E-state index >= 15 is 0 Å². The molecule has 7 heteroatoms. The van der Waals surface area contributed by atoms with E-state index in [1.165, 1.54) is 12.1 Å². The second-order valence-corrected chi connectivity index (χ2v) is 9.26. The van der Waals surface area contributed by atoms with Crippen molar-refractivity contribution in [2.75, 3.05) is 6.61 Å². The molecule has 0 bridgehead atoms. The minimum atomic E-state index is -0.421. The van der Waals surface area contributed by atoms with E-state index in [2.05, 4.69) is 11.4 Å². The summed E-state index contributed by atoms with van der Waals surface area (Å²) in [6, 6.07) is 7.92. The summed E-state index contributed by atoms with van der Waals surface area (Å²) in [5, 5.41) is 3.28. The topological polar surface area (TPSA) is 64.6 Å². The first-order valence-corrected chi connectivity index (χ1v) is 11.6. The highest BCUT2D eigenvalue weighted by atomic mass is 32.1. The average Bonchev–Trinajstić information content (AvgIpc) is 3.13. The van der Waals surface area contributed by atoms with Gasteiger partial charge in [0.05, 0.1) is 18.1 Å². The molecule has 0 fully saturated rings. The van der Waals surface area contributed by atoms with Crippen molar-refractivity contribution in [3.05, 3.63) is 74.5 Å². The number of halogens is 1. The van der Waals surface area contributed by atoms with Crippen molar-refractivity contribution < 1.29 is 23.5 Å². The van der Waals surface area contributed by atoms with Gasteiger partial charge in [-0.05, 0) is 57.5 Å². The molecule has 1 aliphatic carbocycles. The Morgan fingerprint density at radius 3 is 2.69 bits per heavy atom. The van der Waals surface area contributed by atoms with Crippen molar-refractivity contribution in [1.82, 2.24) is 5.32 Å². The van der Waals surface area contributed by atoms with Gasteiger partial charge in [0.25, 0.3) is 0 Å². The van der Waals surface area contributed by atoms with Gasteiger partial charge in [0, 0.05) is 39.1 Å². The van der Waals surface area contributed by atoms with Gasteiger partial charge in [-0.2, -0.15) is 0 Å². The Morgan fingerprint density at radius 2 is 1.97 bits per heavy atom. The molecule has 5 nitrogen and oxygen atoms in total. The van der Waals surface area contributed by atoms with Crippen molar-refractivity contribution in [1.29, 1.82) is 0 Å². The number of benzene rings is 1. The van der Waals surface area contributed by atoms with Crippen LogP contribution in [0.25, 0.3) is 0 Å². The van der Waals surface area contributed by atoms with Crippen molar-refractivity contribution in [3.8, 4) is 5.75 Å². The molecule has 0 spiro atoms. The zero-order valence-electron chi connectivity index (χ0n) is 18.4. The molecule has 2 aliphatic rings. The Kier molecular flexibility index (Phi) is 6.46. The molecule has 2 atom stereocenters. The number of hydrogen-bond acceptors (Lipinski definition) is 6. The van der Waals surface area contributed by atoms with Gasteiger partial charge in [-0.1, -0.05) is 6.08 Å². The van der Waals surface area contributed by atoms with Crippen molar-refractivity contribution in [2.45, 2.75) is 46.1 Å². The lowest BCUT2D eigenvalue weighted by Gasteiger charge is -2.37. The number of allylic oxidation sites excluding steroid dienone is 3. The molecule has 2 aromatic rings. The molecule has 0 saturated carbocycles. The van der Waals surface area contributed by atoms with Crippen LogP contribution in [0.15, 0.2) is 53.4 Å². The molecule has 32 heavy (non-hydrogen) atoms. The fraction of sp³-hybridized carbons (Fsp3) is 0.360. The molecule has 1 N–H and O–H groups in total. The van der Waals surface area contributed by atoms with E-state index in [4.69, 9.17) is 9.47 Å². The molecule has 1 aromatic carbocycles. The maximum absolute atomic E-state index is 13.1. The fourth-order valence-corrected chi connectivity index (χ4v) is 5.52. The third kappa shape index (κ3) is 4.35. The summed E-state index contributed by atoms with van der Waals surface area (Å²) in [6.07, 6.45) is 3.22. The van der Waals surface area contributed by atoms with Crippen LogP contribution >= 0.6 is 11.3 Å². The molecular formula is C25H26FNO4S. The van der Waals surface area contributed by atoms with Gasteiger partial charge in [0.2, 0.25) is 0 Å². The van der Waals surface area contributed by atoms with E-state index < -0.39 is 17.8 Å². The van der Waals surface area contributed by atoms with Crippen molar-refractivity contribution in [3.63, 3.8) is 0 Å². The van der Waals surface area contributed by atoms with Gasteiger partial charge < -0.3 is 14.8 Å². The maximum Gasteiger partial charge on any atom is 0.336 e. The van der Waals surface area contributed by atoms with Crippen LogP contribution in [0, 0.1) is 18.7 Å². The first-order chi connectivity index (χ1) is 15.4. The van der Waals surface area contributed by atoms with Crippen LogP contribution < -0.4 is 10.1 Å². The SMILES string of the molecule is CCOC(=O)C1=C(C)NC2=CCCC(=O)C2C1c1cc(COc2ccc(F)cc2)c(C)s1. The number of ether oxygens (including phenoxy) is 2. The smallest absolute Gasteiger partial charge is 0.336 e. The number of esters is 1. The van der Waals surface area contributed by atoms with Crippen LogP contribution in [0.5, 0.6) is 5.75 Å². The summed E-state index contributed by atoms with van der Waals surface area (Å²) in [4.78, 5) is 27.9. The number of thiophene rings is 1. The summed E-state index contributed by atoms with van der Waals surface area (Å²) in [5.41, 5.74) is 3.08. The Bertz CT molecular complexity index is 1100. The van der Waals surface area contributed by atoms with E-state index in [0.29, 0.717) is 30.8 Å². The van der Waals surface area contributed by atoms with E-state index in [-0.39, 0.29) is 18.2 Å². The zero-order chi connectivity index (χ0) is 22.8. The largest absolute Gasteiger partial charge is 0.489 e. The molecule has 2 unspecified atom stereocenters. The maximum atomic E-state index is 13.1. The van der Waals surface area contributed by atoms with Gasteiger partial charge >= 0.3 is 5.97 Å². The Morgan fingerprint density at radius 1 is 1.22 bits per heavy atom. The number of ketones is 1. The van der Waals surface area contributed by atoms with E-state index in [9.17, 15) is 14.0 Å². The number of nitrogens with one attached hydrogen (secondary N) is 1. The monoisotopic (exact) mass is 455 g/mol. The summed E-state index contributed by atoms with van der Waals surface area (Å²) >= 11 is 1.57. The lowest BCUT2D eigenvalue weighted by molar-refractivity contribution is -0.139. The molecule has 0 radical (unpaired) electrons. The third-order valence-corrected chi connectivity index (χ3v) is 7.04. The summed E-state index contributed by atoms with van der Waals surface area (Å²) in [6.45, 7) is 6.21. The number of aryl methyl sites for hydroxylation is 1. The minimum Gasteiger partial charge on any atom is -0.489 e. The quantitative estimate of drug-likeness (QED) is 0.610. The molecule has 0 amide bonds. The normalized spacial score (nSPS) is 20.4. The lowest BCUT2D eigenvalue weighted by atomic mass is 9.73. The van der Waals surface area contributed by atoms with Crippen molar-refractivity contribution >= 4 is 23.1 Å². The first-order valence-electron chi connectivity index (χ1n) is 10.7. The molecule has 1 aliphatic heterocycles. The second-order valence-electron chi connectivity index (χ2n) is 7.98. The number of Topliss-reactive ketones (excluding diaryl/α,β-unsaturated/α-hetero) is 1. The van der Waals surface area contributed by atoms with Crippen LogP contribution in [0.1, 0.15) is 47.9 Å². The van der Waals surface area contributed by atoms with E-state index in [1.54, 1.807) is 30.4 Å². The van der Waals surface area contributed by atoms with Crippen molar-refractivity contribution in [2.24, 2.45) is 5.92 Å². The lowest BCUT2D eigenvalue weighted by Crippen LogP contribution is -2.40. The molecule has 1 aromatic heterocycles. The number of hydrogen-bond donors (Lipinski definition) is 1. The number of carbonyl (C=O) groups excluding carboxylic acids is 2. The Balaban J connectivity index is 1.69. The standard InChI is InChI=1S/C25H26FNO4S/c1-4-30-25(29)22-14(2)27-19-6-5-7-20(28)23(19)24(22)21-12-16(15(3)32-21)13-31-18-10-8-17(26)9-11-18/h6,8-12,23-24,27H,4-5,7,13H2,1-3H3. The van der Waals surface area contributed by atoms with E-state index in [1.807, 2.05) is 19.9 Å². The predicted octanol–water partition coefficient (Wildman–Crippen LogP) is 5.16. The second kappa shape index (κ2) is 9.28. The van der Waals surface area contributed by atoms with Crippen LogP contribution in [0.4, 0.5) is 4.39 Å². The van der Waals surface area contributed by atoms with Crippen LogP contribution in [0.2, 0.25) is 0 Å². The predicted molar refractivity (Wildman–Crippen MR) is 121 cm³/mol.